The van der Waals surface area contributed by atoms with E-state index in [4.69, 9.17) is 0 Å². The van der Waals surface area contributed by atoms with E-state index >= 15 is 0 Å². The van der Waals surface area contributed by atoms with Crippen LogP contribution in [0.2, 0.25) is 0 Å². The van der Waals surface area contributed by atoms with Crippen LogP contribution in [0.1, 0.15) is 37.3 Å². The van der Waals surface area contributed by atoms with Crippen LogP contribution in [0.3, 0.4) is 0 Å². The summed E-state index contributed by atoms with van der Waals surface area (Å²) in [5, 5.41) is 3.59. The van der Waals surface area contributed by atoms with Crippen molar-refractivity contribution in [3.05, 3.63) is 35.4 Å². The van der Waals surface area contributed by atoms with Crippen molar-refractivity contribution in [2.75, 3.05) is 0 Å². The largest absolute Gasteiger partial charge is 0.310 e. The quantitative estimate of drug-likeness (QED) is 0.768. The van der Waals surface area contributed by atoms with E-state index in [9.17, 15) is 0 Å². The number of hydrogen-bond donors (Lipinski definition) is 1. The van der Waals surface area contributed by atoms with Gasteiger partial charge in [-0.2, -0.15) is 0 Å². The first kappa shape index (κ1) is 9.72. The molecule has 14 heavy (non-hydrogen) atoms. The highest BCUT2D eigenvalue weighted by atomic mass is 14.9. The van der Waals surface area contributed by atoms with E-state index in [-0.39, 0.29) is 0 Å². The molecule has 0 bridgehead atoms. The lowest BCUT2D eigenvalue weighted by molar-refractivity contribution is 0.338. The Morgan fingerprint density at radius 1 is 1.29 bits per heavy atom. The smallest absolute Gasteiger partial charge is 0.0208 e. The zero-order chi connectivity index (χ0) is 9.80. The number of nitrogens with one attached hydrogen (secondary N) is 1. The molecule has 2 rings (SSSR count). The van der Waals surface area contributed by atoms with Crippen molar-refractivity contribution in [1.82, 2.24) is 5.32 Å². The molecule has 76 valence electrons. The van der Waals surface area contributed by atoms with Crippen LogP contribution in [0.4, 0.5) is 0 Å². The fourth-order valence-electron chi connectivity index (χ4n) is 1.83. The SMILES string of the molecule is CCc1cccc(CNC2CCC2)c1. The second-order valence-electron chi connectivity index (χ2n) is 4.18. The predicted molar refractivity (Wildman–Crippen MR) is 60.3 cm³/mol. The van der Waals surface area contributed by atoms with E-state index in [2.05, 4.69) is 36.5 Å². The maximum absolute atomic E-state index is 3.59. The van der Waals surface area contributed by atoms with Gasteiger partial charge in [-0.25, -0.2) is 0 Å². The summed E-state index contributed by atoms with van der Waals surface area (Å²) in [5.41, 5.74) is 2.87. The highest BCUT2D eigenvalue weighted by Crippen LogP contribution is 2.18. The molecule has 1 fully saturated rings. The molecule has 0 spiro atoms. The zero-order valence-corrected chi connectivity index (χ0v) is 8.92. The minimum atomic E-state index is 0.792. The van der Waals surface area contributed by atoms with Gasteiger partial charge in [0.2, 0.25) is 0 Å². The zero-order valence-electron chi connectivity index (χ0n) is 8.92. The third-order valence-corrected chi connectivity index (χ3v) is 3.10. The summed E-state index contributed by atoms with van der Waals surface area (Å²) >= 11 is 0. The topological polar surface area (TPSA) is 12.0 Å². The first-order valence-corrected chi connectivity index (χ1v) is 5.69. The van der Waals surface area contributed by atoms with Crippen molar-refractivity contribution in [1.29, 1.82) is 0 Å². The van der Waals surface area contributed by atoms with Crippen molar-refractivity contribution in [2.45, 2.75) is 45.2 Å². The maximum atomic E-state index is 3.59. The van der Waals surface area contributed by atoms with Crippen LogP contribution in [0.15, 0.2) is 24.3 Å². The Bertz CT molecular complexity index is 289. The van der Waals surface area contributed by atoms with Crippen LogP contribution in [0, 0.1) is 0 Å². The summed E-state index contributed by atoms with van der Waals surface area (Å²) < 4.78 is 0. The van der Waals surface area contributed by atoms with Gasteiger partial charge in [0.25, 0.3) is 0 Å². The fourth-order valence-corrected chi connectivity index (χ4v) is 1.83. The molecule has 1 aromatic rings. The summed E-state index contributed by atoms with van der Waals surface area (Å²) in [5.74, 6) is 0. The maximum Gasteiger partial charge on any atom is 0.0208 e. The molecule has 1 nitrogen and oxygen atoms in total. The molecule has 1 aromatic carbocycles. The lowest BCUT2D eigenvalue weighted by Gasteiger charge is -2.26. The molecule has 0 heterocycles. The van der Waals surface area contributed by atoms with E-state index < -0.39 is 0 Å². The molecule has 1 N–H and O–H groups in total. The minimum Gasteiger partial charge on any atom is -0.310 e. The van der Waals surface area contributed by atoms with Crippen LogP contribution < -0.4 is 5.32 Å². The molecular formula is C13H19N. The van der Waals surface area contributed by atoms with Crippen molar-refractivity contribution in [3.63, 3.8) is 0 Å². The highest BCUT2D eigenvalue weighted by molar-refractivity contribution is 5.23. The fraction of sp³-hybridized carbons (Fsp3) is 0.538. The van der Waals surface area contributed by atoms with Crippen molar-refractivity contribution in [2.24, 2.45) is 0 Å². The van der Waals surface area contributed by atoms with Gasteiger partial charge in [0, 0.05) is 12.6 Å². The first-order chi connectivity index (χ1) is 6.88. The van der Waals surface area contributed by atoms with Gasteiger partial charge < -0.3 is 5.32 Å². The summed E-state index contributed by atoms with van der Waals surface area (Å²) in [6.07, 6.45) is 5.28. The van der Waals surface area contributed by atoms with Gasteiger partial charge >= 0.3 is 0 Å². The van der Waals surface area contributed by atoms with Crippen molar-refractivity contribution < 1.29 is 0 Å². The molecule has 1 aliphatic carbocycles. The molecular weight excluding hydrogens is 170 g/mol. The van der Waals surface area contributed by atoms with Crippen LogP contribution in [0.25, 0.3) is 0 Å². The summed E-state index contributed by atoms with van der Waals surface area (Å²) in [6.45, 7) is 3.25. The van der Waals surface area contributed by atoms with E-state index in [1.807, 2.05) is 0 Å². The molecule has 1 saturated carbocycles. The number of aryl methyl sites for hydroxylation is 1. The van der Waals surface area contributed by atoms with E-state index in [0.717, 1.165) is 19.0 Å². The van der Waals surface area contributed by atoms with E-state index in [0.29, 0.717) is 0 Å². The van der Waals surface area contributed by atoms with Gasteiger partial charge in [-0.15, -0.1) is 0 Å². The van der Waals surface area contributed by atoms with Gasteiger partial charge in [-0.3, -0.25) is 0 Å². The monoisotopic (exact) mass is 189 g/mol. The summed E-state index contributed by atoms with van der Waals surface area (Å²) in [7, 11) is 0. The Balaban J connectivity index is 1.87. The first-order valence-electron chi connectivity index (χ1n) is 5.69. The van der Waals surface area contributed by atoms with Crippen molar-refractivity contribution in [3.8, 4) is 0 Å². The molecule has 0 aliphatic heterocycles. The molecule has 1 heteroatoms. The molecule has 0 saturated heterocycles. The Morgan fingerprint density at radius 2 is 2.07 bits per heavy atom. The highest BCUT2D eigenvalue weighted by Gasteiger charge is 2.15. The van der Waals surface area contributed by atoms with Crippen LogP contribution in [-0.4, -0.2) is 6.04 Å². The van der Waals surface area contributed by atoms with E-state index in [1.165, 1.54) is 30.4 Å². The molecule has 0 aromatic heterocycles. The van der Waals surface area contributed by atoms with Gasteiger partial charge in [0.15, 0.2) is 0 Å². The van der Waals surface area contributed by atoms with Crippen molar-refractivity contribution >= 4 is 0 Å². The Morgan fingerprint density at radius 3 is 2.71 bits per heavy atom. The van der Waals surface area contributed by atoms with Gasteiger partial charge in [-0.1, -0.05) is 37.6 Å². The third-order valence-electron chi connectivity index (χ3n) is 3.10. The number of benzene rings is 1. The molecule has 0 radical (unpaired) electrons. The number of rotatable bonds is 4. The Hall–Kier alpha value is -0.820. The Kier molecular flexibility index (Phi) is 3.20. The normalized spacial score (nSPS) is 16.6. The molecule has 0 amide bonds. The molecule has 0 unspecified atom stereocenters. The summed E-state index contributed by atoms with van der Waals surface area (Å²) in [4.78, 5) is 0. The predicted octanol–water partition coefficient (Wildman–Crippen LogP) is 2.89. The second kappa shape index (κ2) is 4.61. The average Bonchev–Trinajstić information content (AvgIpc) is 2.16. The second-order valence-corrected chi connectivity index (χ2v) is 4.18. The van der Waals surface area contributed by atoms with Gasteiger partial charge in [0.1, 0.15) is 0 Å². The average molecular weight is 189 g/mol. The summed E-state index contributed by atoms with van der Waals surface area (Å²) in [6, 6.07) is 9.68. The molecule has 0 atom stereocenters. The minimum absolute atomic E-state index is 0.792. The van der Waals surface area contributed by atoms with Crippen LogP contribution >= 0.6 is 0 Å². The Labute approximate surface area is 86.5 Å². The van der Waals surface area contributed by atoms with Gasteiger partial charge in [0.05, 0.1) is 0 Å². The van der Waals surface area contributed by atoms with Crippen LogP contribution in [-0.2, 0) is 13.0 Å². The number of hydrogen-bond acceptors (Lipinski definition) is 1. The van der Waals surface area contributed by atoms with E-state index in [1.54, 1.807) is 0 Å². The third kappa shape index (κ3) is 2.36. The van der Waals surface area contributed by atoms with Gasteiger partial charge in [-0.05, 0) is 30.4 Å². The van der Waals surface area contributed by atoms with Crippen LogP contribution in [0.5, 0.6) is 0 Å². The standard InChI is InChI=1S/C13H19N/c1-2-11-5-3-6-12(9-11)10-14-13-7-4-8-13/h3,5-6,9,13-14H,2,4,7-8,10H2,1H3. The lowest BCUT2D eigenvalue weighted by Crippen LogP contribution is -2.34. The molecule has 1 aliphatic rings. The lowest BCUT2D eigenvalue weighted by atomic mass is 9.93.